The molecule has 4 rings (SSSR count). The molecule has 3 heterocycles. The Morgan fingerprint density at radius 1 is 1.12 bits per heavy atom. The van der Waals surface area contributed by atoms with E-state index in [1.807, 2.05) is 66.5 Å². The van der Waals surface area contributed by atoms with Gasteiger partial charge < -0.3 is 9.88 Å². The molecule has 1 amide bonds. The van der Waals surface area contributed by atoms with Crippen molar-refractivity contribution >= 4 is 22.5 Å². The number of amides is 1. The first kappa shape index (κ1) is 14.2. The predicted octanol–water partition coefficient (Wildman–Crippen LogP) is 3.01. The van der Waals surface area contributed by atoms with Crippen molar-refractivity contribution in [3.8, 4) is 5.82 Å². The average Bonchev–Trinajstić information content (AvgIpc) is 3.23. The van der Waals surface area contributed by atoms with Gasteiger partial charge >= 0.3 is 0 Å². The van der Waals surface area contributed by atoms with Crippen LogP contribution in [0.4, 0.5) is 5.69 Å². The lowest BCUT2D eigenvalue weighted by molar-refractivity contribution is 0.102. The molecule has 0 radical (unpaired) electrons. The molecule has 0 atom stereocenters. The van der Waals surface area contributed by atoms with Crippen LogP contribution in [0.5, 0.6) is 0 Å². The number of fused-ring (bicyclic) bond motifs is 1. The highest BCUT2D eigenvalue weighted by Gasteiger charge is 2.17. The zero-order valence-electron chi connectivity index (χ0n) is 13.0. The number of nitrogens with zero attached hydrogens (tertiary/aromatic N) is 4. The van der Waals surface area contributed by atoms with E-state index >= 15 is 0 Å². The molecule has 0 aliphatic heterocycles. The van der Waals surface area contributed by atoms with Gasteiger partial charge in [-0.2, -0.15) is 5.10 Å². The van der Waals surface area contributed by atoms with Gasteiger partial charge in [-0.1, -0.05) is 6.07 Å². The second-order valence-electron chi connectivity index (χ2n) is 5.46. The number of pyridine rings is 1. The lowest BCUT2D eigenvalue weighted by Gasteiger charge is -2.09. The molecule has 0 saturated carbocycles. The number of benzene rings is 1. The molecule has 1 N–H and O–H groups in total. The number of carbonyl (C=O) groups excluding carboxylic acids is 1. The Labute approximate surface area is 138 Å². The highest BCUT2D eigenvalue weighted by atomic mass is 16.1. The quantitative estimate of drug-likeness (QED) is 0.632. The molecule has 6 nitrogen and oxygen atoms in total. The molecule has 4 aromatic rings. The first-order valence-electron chi connectivity index (χ1n) is 7.54. The second kappa shape index (κ2) is 5.66. The Morgan fingerprint density at radius 3 is 2.79 bits per heavy atom. The van der Waals surface area contributed by atoms with Gasteiger partial charge in [0.2, 0.25) is 0 Å². The molecule has 0 bridgehead atoms. The fourth-order valence-corrected chi connectivity index (χ4v) is 2.72. The summed E-state index contributed by atoms with van der Waals surface area (Å²) in [5.74, 6) is 0.523. The molecule has 0 saturated heterocycles. The van der Waals surface area contributed by atoms with E-state index in [-0.39, 0.29) is 5.91 Å². The van der Waals surface area contributed by atoms with Gasteiger partial charge in [0.25, 0.3) is 5.91 Å². The topological polar surface area (TPSA) is 64.7 Å². The summed E-state index contributed by atoms with van der Waals surface area (Å²) in [5, 5.41) is 8.12. The Morgan fingerprint density at radius 2 is 1.96 bits per heavy atom. The molecule has 0 fully saturated rings. The van der Waals surface area contributed by atoms with E-state index in [0.717, 1.165) is 22.4 Å². The number of aromatic nitrogens is 4. The molecule has 118 valence electrons. The molecule has 1 aromatic carbocycles. The van der Waals surface area contributed by atoms with Crippen molar-refractivity contribution in [1.82, 2.24) is 19.3 Å². The number of anilines is 1. The van der Waals surface area contributed by atoms with Crippen molar-refractivity contribution in [3.63, 3.8) is 0 Å². The van der Waals surface area contributed by atoms with E-state index in [0.29, 0.717) is 5.56 Å². The van der Waals surface area contributed by atoms with Crippen molar-refractivity contribution in [1.29, 1.82) is 0 Å². The molecule has 6 heteroatoms. The Balaban J connectivity index is 1.67. The van der Waals surface area contributed by atoms with E-state index in [4.69, 9.17) is 0 Å². The van der Waals surface area contributed by atoms with Gasteiger partial charge in [0.1, 0.15) is 11.4 Å². The summed E-state index contributed by atoms with van der Waals surface area (Å²) in [5.41, 5.74) is 2.13. The SMILES string of the molecule is Cn1ncc(C(=O)Nc2ccc3ncccc3c2)c1-n1cccc1. The van der Waals surface area contributed by atoms with Crippen LogP contribution in [0.25, 0.3) is 16.7 Å². The van der Waals surface area contributed by atoms with Crippen LogP contribution in [-0.4, -0.2) is 25.2 Å². The standard InChI is InChI=1S/C18H15N5O/c1-22-18(23-9-2-3-10-23)15(12-20-22)17(24)21-14-6-7-16-13(11-14)5-4-8-19-16/h2-12H,1H3,(H,21,24). The summed E-state index contributed by atoms with van der Waals surface area (Å²) in [7, 11) is 1.81. The molecular weight excluding hydrogens is 302 g/mol. The summed E-state index contributed by atoms with van der Waals surface area (Å²) < 4.78 is 3.55. The van der Waals surface area contributed by atoms with Crippen LogP contribution in [0.15, 0.2) is 67.3 Å². The molecule has 0 aliphatic carbocycles. The normalized spacial score (nSPS) is 10.9. The molecule has 0 unspecified atom stereocenters. The zero-order valence-corrected chi connectivity index (χ0v) is 13.0. The van der Waals surface area contributed by atoms with Crippen LogP contribution in [0.1, 0.15) is 10.4 Å². The Hall–Kier alpha value is -3.41. The second-order valence-corrected chi connectivity index (χ2v) is 5.46. The maximum absolute atomic E-state index is 12.7. The number of nitrogens with one attached hydrogen (secondary N) is 1. The lowest BCUT2D eigenvalue weighted by atomic mass is 10.2. The summed E-state index contributed by atoms with van der Waals surface area (Å²) in [6.45, 7) is 0. The maximum Gasteiger partial charge on any atom is 0.261 e. The number of hydrogen-bond donors (Lipinski definition) is 1. The van der Waals surface area contributed by atoms with Crippen LogP contribution in [-0.2, 0) is 7.05 Å². The van der Waals surface area contributed by atoms with Gasteiger partial charge in [-0.15, -0.1) is 0 Å². The minimum absolute atomic E-state index is 0.199. The van der Waals surface area contributed by atoms with Gasteiger partial charge in [0.15, 0.2) is 0 Å². The van der Waals surface area contributed by atoms with E-state index in [1.54, 1.807) is 17.1 Å². The summed E-state index contributed by atoms with van der Waals surface area (Å²) in [6.07, 6.45) is 7.10. The minimum atomic E-state index is -0.199. The van der Waals surface area contributed by atoms with Gasteiger partial charge in [0, 0.05) is 36.7 Å². The highest BCUT2D eigenvalue weighted by molar-refractivity contribution is 6.07. The average molecular weight is 317 g/mol. The summed E-state index contributed by atoms with van der Waals surface area (Å²) in [4.78, 5) is 17.0. The summed E-state index contributed by atoms with van der Waals surface area (Å²) in [6, 6.07) is 13.3. The molecule has 24 heavy (non-hydrogen) atoms. The van der Waals surface area contributed by atoms with Crippen LogP contribution in [0, 0.1) is 0 Å². The fourth-order valence-electron chi connectivity index (χ4n) is 2.72. The van der Waals surface area contributed by atoms with E-state index < -0.39 is 0 Å². The number of carbonyl (C=O) groups is 1. The maximum atomic E-state index is 12.7. The third-order valence-electron chi connectivity index (χ3n) is 3.86. The minimum Gasteiger partial charge on any atom is -0.322 e. The van der Waals surface area contributed by atoms with Gasteiger partial charge in [-0.3, -0.25) is 14.5 Å². The zero-order chi connectivity index (χ0) is 16.5. The van der Waals surface area contributed by atoms with Gasteiger partial charge in [0.05, 0.1) is 11.7 Å². The van der Waals surface area contributed by atoms with Gasteiger partial charge in [-0.25, -0.2) is 0 Å². The van der Waals surface area contributed by atoms with E-state index in [2.05, 4.69) is 15.4 Å². The van der Waals surface area contributed by atoms with E-state index in [1.165, 1.54) is 0 Å². The summed E-state index contributed by atoms with van der Waals surface area (Å²) >= 11 is 0. The van der Waals surface area contributed by atoms with E-state index in [9.17, 15) is 4.79 Å². The molecule has 3 aromatic heterocycles. The third kappa shape index (κ3) is 2.44. The van der Waals surface area contributed by atoms with Crippen molar-refractivity contribution in [2.45, 2.75) is 0 Å². The fraction of sp³-hybridized carbons (Fsp3) is 0.0556. The molecule has 0 aliphatic rings. The number of hydrogen-bond acceptors (Lipinski definition) is 3. The smallest absolute Gasteiger partial charge is 0.261 e. The highest BCUT2D eigenvalue weighted by Crippen LogP contribution is 2.20. The Bertz CT molecular complexity index is 1020. The van der Waals surface area contributed by atoms with Crippen LogP contribution in [0.2, 0.25) is 0 Å². The third-order valence-corrected chi connectivity index (χ3v) is 3.86. The number of aryl methyl sites for hydroxylation is 1. The number of rotatable bonds is 3. The van der Waals surface area contributed by atoms with Crippen molar-refractivity contribution in [3.05, 3.63) is 72.8 Å². The largest absolute Gasteiger partial charge is 0.322 e. The predicted molar refractivity (Wildman–Crippen MR) is 92.2 cm³/mol. The molecular formula is C18H15N5O. The van der Waals surface area contributed by atoms with Crippen LogP contribution in [0.3, 0.4) is 0 Å². The van der Waals surface area contributed by atoms with Crippen molar-refractivity contribution in [2.24, 2.45) is 7.05 Å². The van der Waals surface area contributed by atoms with Gasteiger partial charge in [-0.05, 0) is 36.4 Å². The first-order valence-corrected chi connectivity index (χ1v) is 7.54. The lowest BCUT2D eigenvalue weighted by Crippen LogP contribution is -2.14. The monoisotopic (exact) mass is 317 g/mol. The first-order chi connectivity index (χ1) is 11.7. The Kier molecular flexibility index (Phi) is 3.35. The van der Waals surface area contributed by atoms with Crippen molar-refractivity contribution in [2.75, 3.05) is 5.32 Å². The van der Waals surface area contributed by atoms with Crippen LogP contribution < -0.4 is 5.32 Å². The molecule has 0 spiro atoms. The van der Waals surface area contributed by atoms with Crippen molar-refractivity contribution < 1.29 is 4.79 Å². The van der Waals surface area contributed by atoms with Crippen LogP contribution >= 0.6 is 0 Å².